The highest BCUT2D eigenvalue weighted by molar-refractivity contribution is 9.18. The Morgan fingerprint density at radius 1 is 1.48 bits per heavy atom. The molecule has 8 heteroatoms. The Balaban J connectivity index is 1.99. The molecule has 1 fully saturated rings. The summed E-state index contributed by atoms with van der Waals surface area (Å²) in [6, 6.07) is 1.97. The summed E-state index contributed by atoms with van der Waals surface area (Å²) in [5.74, 6) is 0.612. The second-order valence-corrected chi connectivity index (χ2v) is 7.71. The first-order valence-electron chi connectivity index (χ1n) is 8.09. The van der Waals surface area contributed by atoms with Crippen LogP contribution in [0.15, 0.2) is 28.2 Å². The number of hydrogen-bond acceptors (Lipinski definition) is 6. The first-order chi connectivity index (χ1) is 11.7. The summed E-state index contributed by atoms with van der Waals surface area (Å²) in [5.41, 5.74) is 0.620. The molecule has 2 aliphatic rings. The van der Waals surface area contributed by atoms with Gasteiger partial charge in [-0.05, 0) is 55.6 Å². The van der Waals surface area contributed by atoms with Gasteiger partial charge in [-0.2, -0.15) is 5.26 Å². The molecular weight excluding hydrogens is 386 g/mol. The van der Waals surface area contributed by atoms with Crippen molar-refractivity contribution in [1.29, 1.82) is 10.7 Å². The summed E-state index contributed by atoms with van der Waals surface area (Å²) >= 11 is 3.01. The van der Waals surface area contributed by atoms with Crippen LogP contribution in [0.25, 0.3) is 0 Å². The first kappa shape index (κ1) is 19.2. The Labute approximate surface area is 156 Å². The number of allylic oxidation sites excluding steroid dienone is 3. The molecule has 0 saturated carbocycles. The summed E-state index contributed by atoms with van der Waals surface area (Å²) in [4.78, 5) is 18.0. The number of carbonyl (C=O) groups excluding carboxylic acids is 1. The van der Waals surface area contributed by atoms with E-state index >= 15 is 0 Å². The maximum Gasteiger partial charge on any atom is 0.410 e. The van der Waals surface area contributed by atoms with Crippen LogP contribution in [-0.2, 0) is 4.74 Å². The van der Waals surface area contributed by atoms with Crippen LogP contribution in [-0.4, -0.2) is 40.5 Å². The van der Waals surface area contributed by atoms with E-state index in [2.05, 4.69) is 26.2 Å². The molecule has 0 atom stereocenters. The first-order valence-corrected chi connectivity index (χ1v) is 8.88. The summed E-state index contributed by atoms with van der Waals surface area (Å²) in [6.45, 7) is 6.81. The molecule has 25 heavy (non-hydrogen) atoms. The van der Waals surface area contributed by atoms with Crippen LogP contribution in [0.4, 0.5) is 4.79 Å². The third kappa shape index (κ3) is 5.16. The number of nitrogens with one attached hydrogen (secondary N) is 2. The molecule has 2 aliphatic heterocycles. The highest BCUT2D eigenvalue weighted by Crippen LogP contribution is 2.26. The molecule has 0 radical (unpaired) electrons. The van der Waals surface area contributed by atoms with Crippen molar-refractivity contribution in [3.63, 3.8) is 0 Å². The molecule has 0 bridgehead atoms. The van der Waals surface area contributed by atoms with Gasteiger partial charge >= 0.3 is 6.09 Å². The van der Waals surface area contributed by atoms with Gasteiger partial charge in [-0.25, -0.2) is 9.79 Å². The Morgan fingerprint density at radius 3 is 2.64 bits per heavy atom. The van der Waals surface area contributed by atoms with E-state index in [1.54, 1.807) is 11.1 Å². The maximum absolute atomic E-state index is 12.1. The quantitative estimate of drug-likeness (QED) is 0.541. The number of aliphatic imine (C=N–C) groups is 1. The van der Waals surface area contributed by atoms with Gasteiger partial charge in [0.25, 0.3) is 0 Å². The topological polar surface area (TPSA) is 102 Å². The molecule has 0 aromatic rings. The Morgan fingerprint density at radius 2 is 2.12 bits per heavy atom. The van der Waals surface area contributed by atoms with E-state index in [9.17, 15) is 4.79 Å². The second kappa shape index (κ2) is 7.83. The SMILES string of the molecule is CC(C)(C)OC(=O)N1CCC(C2=CC=N/C(=C(\C#N)C(=N)Br)N2)CC1. The molecule has 1 saturated heterocycles. The normalized spacial score (nSPS) is 20.3. The minimum atomic E-state index is -0.495. The number of halogens is 1. The van der Waals surface area contributed by atoms with Crippen molar-refractivity contribution in [2.45, 2.75) is 39.2 Å². The number of carbonyl (C=O) groups is 1. The van der Waals surface area contributed by atoms with Gasteiger partial charge in [-0.15, -0.1) is 0 Å². The second-order valence-electron chi connectivity index (χ2n) is 6.92. The molecule has 0 spiro atoms. The van der Waals surface area contributed by atoms with Gasteiger partial charge in [0.1, 0.15) is 21.9 Å². The van der Waals surface area contributed by atoms with Crippen molar-refractivity contribution >= 4 is 32.9 Å². The zero-order chi connectivity index (χ0) is 18.6. The number of hydrogen-bond donors (Lipinski definition) is 2. The third-order valence-corrected chi connectivity index (χ3v) is 4.27. The van der Waals surface area contributed by atoms with Crippen molar-refractivity contribution in [3.8, 4) is 6.07 Å². The molecular formula is C17H22BrN5O2. The van der Waals surface area contributed by atoms with E-state index in [0.29, 0.717) is 18.9 Å². The van der Waals surface area contributed by atoms with E-state index in [1.807, 2.05) is 32.9 Å². The lowest BCUT2D eigenvalue weighted by Crippen LogP contribution is -2.43. The lowest BCUT2D eigenvalue weighted by Gasteiger charge is -2.35. The van der Waals surface area contributed by atoms with Crippen LogP contribution < -0.4 is 5.32 Å². The van der Waals surface area contributed by atoms with Crippen molar-refractivity contribution < 1.29 is 9.53 Å². The van der Waals surface area contributed by atoms with E-state index in [4.69, 9.17) is 15.4 Å². The summed E-state index contributed by atoms with van der Waals surface area (Å²) < 4.78 is 5.41. The van der Waals surface area contributed by atoms with E-state index in [0.717, 1.165) is 18.5 Å². The van der Waals surface area contributed by atoms with Crippen LogP contribution >= 0.6 is 15.9 Å². The third-order valence-electron chi connectivity index (χ3n) is 3.88. The standard InChI is InChI=1S/C17H22BrN5O2/c1-17(2,3)25-16(24)23-8-5-11(6-9-23)13-4-7-21-15(22-13)12(10-19)14(18)20/h4,7,11,20,22H,5-6,8-9H2,1-3H3/b15-12-,20-14?. The smallest absolute Gasteiger partial charge is 0.410 e. The van der Waals surface area contributed by atoms with Crippen LogP contribution in [0, 0.1) is 22.7 Å². The highest BCUT2D eigenvalue weighted by Gasteiger charge is 2.29. The number of amides is 1. The van der Waals surface area contributed by atoms with Gasteiger partial charge in [-0.1, -0.05) is 0 Å². The Hall–Kier alpha value is -2.14. The number of likely N-dealkylation sites (tertiary alicyclic amines) is 1. The van der Waals surface area contributed by atoms with Crippen LogP contribution in [0.1, 0.15) is 33.6 Å². The molecule has 1 amide bonds. The largest absolute Gasteiger partial charge is 0.444 e. The summed E-state index contributed by atoms with van der Waals surface area (Å²) in [7, 11) is 0. The van der Waals surface area contributed by atoms with Gasteiger partial charge in [0.05, 0.1) is 0 Å². The average Bonchev–Trinajstić information content (AvgIpc) is 2.54. The van der Waals surface area contributed by atoms with Crippen molar-refractivity contribution in [2.24, 2.45) is 10.9 Å². The predicted molar refractivity (Wildman–Crippen MR) is 99.5 cm³/mol. The van der Waals surface area contributed by atoms with E-state index in [-0.39, 0.29) is 22.2 Å². The van der Waals surface area contributed by atoms with Crippen molar-refractivity contribution in [2.75, 3.05) is 13.1 Å². The van der Waals surface area contributed by atoms with Gasteiger partial charge in [0.15, 0.2) is 5.82 Å². The van der Waals surface area contributed by atoms with E-state index in [1.165, 1.54) is 0 Å². The molecule has 7 nitrogen and oxygen atoms in total. The fraction of sp³-hybridized carbons (Fsp3) is 0.529. The minimum absolute atomic E-state index is 0.00403. The number of nitriles is 1. The van der Waals surface area contributed by atoms with Crippen LogP contribution in [0.5, 0.6) is 0 Å². The fourth-order valence-electron chi connectivity index (χ4n) is 2.67. The zero-order valence-electron chi connectivity index (χ0n) is 14.6. The molecule has 134 valence electrons. The van der Waals surface area contributed by atoms with Crippen LogP contribution in [0.2, 0.25) is 0 Å². The molecule has 0 aromatic carbocycles. The van der Waals surface area contributed by atoms with E-state index < -0.39 is 5.60 Å². The molecule has 0 unspecified atom stereocenters. The minimum Gasteiger partial charge on any atom is -0.444 e. The number of nitrogens with zero attached hydrogens (tertiary/aromatic N) is 3. The molecule has 2 N–H and O–H groups in total. The molecule has 2 heterocycles. The fourth-order valence-corrected chi connectivity index (χ4v) is 2.95. The Kier molecular flexibility index (Phi) is 6.01. The van der Waals surface area contributed by atoms with Crippen molar-refractivity contribution in [3.05, 3.63) is 23.2 Å². The maximum atomic E-state index is 12.1. The van der Waals surface area contributed by atoms with Gasteiger partial charge in [-0.3, -0.25) is 5.41 Å². The molecule has 0 aliphatic carbocycles. The summed E-state index contributed by atoms with van der Waals surface area (Å²) in [6.07, 6.45) is 4.83. The molecule has 2 rings (SSSR count). The summed E-state index contributed by atoms with van der Waals surface area (Å²) in [5, 5.41) is 19.9. The lowest BCUT2D eigenvalue weighted by molar-refractivity contribution is 0.0193. The number of piperidine rings is 1. The van der Waals surface area contributed by atoms with Gasteiger partial charge < -0.3 is 15.0 Å². The highest BCUT2D eigenvalue weighted by atomic mass is 79.9. The zero-order valence-corrected chi connectivity index (χ0v) is 16.2. The number of ether oxygens (including phenoxy) is 1. The molecule has 0 aromatic heterocycles. The number of rotatable bonds is 2. The Bertz CT molecular complexity index is 689. The monoisotopic (exact) mass is 407 g/mol. The van der Waals surface area contributed by atoms with Crippen molar-refractivity contribution in [1.82, 2.24) is 10.2 Å². The average molecular weight is 408 g/mol. The van der Waals surface area contributed by atoms with Crippen LogP contribution in [0.3, 0.4) is 0 Å². The van der Waals surface area contributed by atoms with Gasteiger partial charge in [0, 0.05) is 30.9 Å². The lowest BCUT2D eigenvalue weighted by atomic mass is 9.92. The predicted octanol–water partition coefficient (Wildman–Crippen LogP) is 3.30. The van der Waals surface area contributed by atoms with Gasteiger partial charge in [0.2, 0.25) is 0 Å².